The van der Waals surface area contributed by atoms with Gasteiger partial charge in [-0.2, -0.15) is 0 Å². The van der Waals surface area contributed by atoms with Gasteiger partial charge in [0.25, 0.3) is 0 Å². The van der Waals surface area contributed by atoms with E-state index in [4.69, 9.17) is 43.4 Å². The zero-order valence-corrected chi connectivity index (χ0v) is 27.6. The molecule has 0 heterocycles. The van der Waals surface area contributed by atoms with Crippen LogP contribution in [0.1, 0.15) is 31.1 Å². The topological polar surface area (TPSA) is 78.9 Å². The minimum atomic E-state index is -4.80. The second-order valence-corrected chi connectivity index (χ2v) is 14.2. The minimum absolute atomic E-state index is 0.0293. The summed E-state index contributed by atoms with van der Waals surface area (Å²) in [6.07, 6.45) is 0. The van der Waals surface area contributed by atoms with E-state index >= 15 is 0 Å². The summed E-state index contributed by atoms with van der Waals surface area (Å²) in [5.41, 5.74) is 0.0879. The van der Waals surface area contributed by atoms with E-state index in [1.807, 2.05) is 36.4 Å². The van der Waals surface area contributed by atoms with Gasteiger partial charge in [0.1, 0.15) is 0 Å². The molecule has 6 aromatic rings. The van der Waals surface area contributed by atoms with Crippen LogP contribution in [0, 0.1) is 0 Å². The first-order chi connectivity index (χ1) is 20.8. The van der Waals surface area contributed by atoms with Crippen molar-refractivity contribution in [3.05, 3.63) is 141 Å². The van der Waals surface area contributed by atoms with Crippen LogP contribution in [0.15, 0.2) is 109 Å². The summed E-state index contributed by atoms with van der Waals surface area (Å²) < 4.78 is 16.9. The molecular formula is C33H18Cl3InO6. The van der Waals surface area contributed by atoms with Crippen LogP contribution in [0.3, 0.4) is 0 Å². The summed E-state index contributed by atoms with van der Waals surface area (Å²) in [5.74, 6) is -2.69. The van der Waals surface area contributed by atoms with Gasteiger partial charge in [-0.3, -0.25) is 0 Å². The quantitative estimate of drug-likeness (QED) is 0.170. The van der Waals surface area contributed by atoms with Crippen LogP contribution in [-0.2, 0) is 8.56 Å². The summed E-state index contributed by atoms with van der Waals surface area (Å²) in [4.78, 5) is 40.1. The van der Waals surface area contributed by atoms with Gasteiger partial charge >= 0.3 is 272 Å². The van der Waals surface area contributed by atoms with E-state index in [1.165, 1.54) is 18.2 Å². The fraction of sp³-hybridized carbons (Fsp3) is 0. The van der Waals surface area contributed by atoms with Crippen molar-refractivity contribution in [2.75, 3.05) is 0 Å². The molecule has 6 aromatic carbocycles. The molecule has 0 radical (unpaired) electrons. The molecule has 0 aliphatic heterocycles. The van der Waals surface area contributed by atoms with Gasteiger partial charge < -0.3 is 0 Å². The molecule has 0 amide bonds. The maximum absolute atomic E-state index is 13.4. The van der Waals surface area contributed by atoms with Gasteiger partial charge in [0.05, 0.1) is 0 Å². The van der Waals surface area contributed by atoms with Crippen LogP contribution < -0.4 is 0 Å². The number of fused-ring (bicyclic) bond motifs is 3. The SMILES string of the molecule is O=C([O][In]([O]C(=O)c1ccc2ccccc2c1Cl)[O]C(=O)c1ccc2ccccc2c1Cl)c1ccc2ccccc2c1Cl. The standard InChI is InChI=1S/3C11H7ClO2.In/c3*12-10-8-4-2-1-3-7(8)5-6-9(10)11(13)14;/h3*1-6H,(H,13,14);/q;;;+3/p-3. The third-order valence-corrected chi connectivity index (χ3v) is 11.6. The van der Waals surface area contributed by atoms with Gasteiger partial charge in [-0.1, -0.05) is 0 Å². The molecule has 0 saturated carbocycles. The van der Waals surface area contributed by atoms with E-state index in [2.05, 4.69) is 0 Å². The number of benzene rings is 6. The Labute approximate surface area is 270 Å². The molecule has 210 valence electrons. The Hall–Kier alpha value is -3.75. The predicted octanol–water partition coefficient (Wildman–Crippen LogP) is 8.96. The monoisotopic (exact) mass is 730 g/mol. The average Bonchev–Trinajstić information content (AvgIpc) is 3.01. The normalized spacial score (nSPS) is 11.0. The number of hydrogen-bond acceptors (Lipinski definition) is 6. The Morgan fingerprint density at radius 3 is 1.00 bits per heavy atom. The van der Waals surface area contributed by atoms with Crippen molar-refractivity contribution in [1.82, 2.24) is 0 Å². The molecule has 0 spiro atoms. The zero-order chi connectivity index (χ0) is 30.1. The number of hydrogen-bond donors (Lipinski definition) is 0. The van der Waals surface area contributed by atoms with Gasteiger partial charge in [-0.15, -0.1) is 0 Å². The van der Waals surface area contributed by atoms with Gasteiger partial charge in [-0.05, 0) is 0 Å². The van der Waals surface area contributed by atoms with Crippen molar-refractivity contribution in [2.45, 2.75) is 0 Å². The molecule has 0 aromatic heterocycles. The van der Waals surface area contributed by atoms with Gasteiger partial charge in [0.2, 0.25) is 0 Å². The van der Waals surface area contributed by atoms with Crippen LogP contribution in [0.4, 0.5) is 0 Å². The van der Waals surface area contributed by atoms with Crippen molar-refractivity contribution in [2.24, 2.45) is 0 Å². The molecule has 6 rings (SSSR count). The van der Waals surface area contributed by atoms with Crippen molar-refractivity contribution in [1.29, 1.82) is 0 Å². The van der Waals surface area contributed by atoms with Crippen LogP contribution in [0.2, 0.25) is 15.1 Å². The zero-order valence-electron chi connectivity index (χ0n) is 22.1. The third kappa shape index (κ3) is 5.91. The van der Waals surface area contributed by atoms with E-state index in [9.17, 15) is 14.4 Å². The van der Waals surface area contributed by atoms with Crippen LogP contribution in [0.25, 0.3) is 32.3 Å². The number of carbonyl (C=O) groups excluding carboxylic acids is 3. The van der Waals surface area contributed by atoms with E-state index in [-0.39, 0.29) is 31.8 Å². The van der Waals surface area contributed by atoms with Crippen molar-refractivity contribution < 1.29 is 22.9 Å². The molecule has 0 aliphatic rings. The third-order valence-electron chi connectivity index (χ3n) is 6.86. The Balaban J connectivity index is 1.33. The van der Waals surface area contributed by atoms with Crippen molar-refractivity contribution in [3.63, 3.8) is 0 Å². The van der Waals surface area contributed by atoms with E-state index in [1.54, 1.807) is 54.6 Å². The predicted molar refractivity (Wildman–Crippen MR) is 169 cm³/mol. The van der Waals surface area contributed by atoms with E-state index in [0.717, 1.165) is 16.2 Å². The molecule has 10 heteroatoms. The summed E-state index contributed by atoms with van der Waals surface area (Å²) in [7, 11) is 0. The van der Waals surface area contributed by atoms with Crippen LogP contribution in [0.5, 0.6) is 0 Å². The molecular weight excluding hydrogens is 714 g/mol. The molecule has 0 N–H and O–H groups in total. The first kappa shape index (κ1) is 29.3. The number of carbonyl (C=O) groups is 3. The first-order valence-corrected chi connectivity index (χ1v) is 18.1. The Bertz CT molecular complexity index is 1840. The second-order valence-electron chi connectivity index (χ2n) is 9.45. The van der Waals surface area contributed by atoms with Crippen molar-refractivity contribution in [3.8, 4) is 0 Å². The Morgan fingerprint density at radius 1 is 0.419 bits per heavy atom. The number of halogens is 3. The average molecular weight is 732 g/mol. The maximum atomic E-state index is 13.4. The fourth-order valence-electron chi connectivity index (χ4n) is 4.70. The van der Waals surface area contributed by atoms with Gasteiger partial charge in [-0.25, -0.2) is 0 Å². The van der Waals surface area contributed by atoms with Crippen molar-refractivity contribution >= 4 is 108 Å². The molecule has 0 aliphatic carbocycles. The molecule has 43 heavy (non-hydrogen) atoms. The Morgan fingerprint density at radius 2 is 0.698 bits per heavy atom. The molecule has 0 saturated heterocycles. The van der Waals surface area contributed by atoms with Crippen LogP contribution >= 0.6 is 34.8 Å². The molecule has 0 bridgehead atoms. The summed E-state index contributed by atoms with van der Waals surface area (Å²) >= 11 is 14.8. The van der Waals surface area contributed by atoms with E-state index < -0.39 is 40.7 Å². The summed E-state index contributed by atoms with van der Waals surface area (Å²) in [6, 6.07) is 31.4. The molecule has 0 atom stereocenters. The summed E-state index contributed by atoms with van der Waals surface area (Å²) in [6.45, 7) is 0. The number of rotatable bonds is 6. The molecule has 0 unspecified atom stereocenters. The van der Waals surface area contributed by atoms with Gasteiger partial charge in [0, 0.05) is 0 Å². The van der Waals surface area contributed by atoms with E-state index in [0.29, 0.717) is 16.2 Å². The fourth-order valence-corrected chi connectivity index (χ4v) is 8.63. The van der Waals surface area contributed by atoms with Gasteiger partial charge in [0.15, 0.2) is 0 Å². The summed E-state index contributed by atoms with van der Waals surface area (Å²) in [5, 5.41) is 4.81. The second kappa shape index (κ2) is 12.5. The van der Waals surface area contributed by atoms with Crippen LogP contribution in [-0.4, -0.2) is 40.7 Å². The molecule has 6 nitrogen and oxygen atoms in total. The Kier molecular flexibility index (Phi) is 8.50. The molecule has 0 fully saturated rings. The first-order valence-electron chi connectivity index (χ1n) is 13.0.